The van der Waals surface area contributed by atoms with Crippen molar-refractivity contribution in [3.8, 4) is 0 Å². The van der Waals surface area contributed by atoms with E-state index in [0.29, 0.717) is 35.7 Å². The van der Waals surface area contributed by atoms with Crippen molar-refractivity contribution in [3.05, 3.63) is 119 Å². The molecule has 1 aliphatic heterocycles. The number of ether oxygens (including phenoxy) is 5. The second-order valence-corrected chi connectivity index (χ2v) is 28.8. The van der Waals surface area contributed by atoms with Gasteiger partial charge in [0.1, 0.15) is 23.9 Å². The maximum Gasteiger partial charge on any atom is 0.338 e. The number of nitrogens with one attached hydrogen (secondary N) is 1. The number of fused-ring (bicyclic) bond motifs is 10. The van der Waals surface area contributed by atoms with Gasteiger partial charge in [0.25, 0.3) is 5.91 Å². The maximum atomic E-state index is 15.5. The van der Waals surface area contributed by atoms with Crippen molar-refractivity contribution in [1.29, 1.82) is 0 Å². The van der Waals surface area contributed by atoms with Crippen molar-refractivity contribution in [1.82, 2.24) is 5.32 Å². The zero-order chi connectivity index (χ0) is 66.1. The minimum Gasteiger partial charge on any atom is -0.481 e. The lowest BCUT2D eigenvalue weighted by Crippen LogP contribution is -2.82. The summed E-state index contributed by atoms with van der Waals surface area (Å²) in [6.07, 6.45) is -4.51. The number of carbonyl (C=O) groups is 7. The van der Waals surface area contributed by atoms with Crippen molar-refractivity contribution in [2.24, 2.45) is 63.1 Å². The molecule has 91 heavy (non-hydrogen) atoms. The van der Waals surface area contributed by atoms with E-state index in [1.54, 1.807) is 92.7 Å². The summed E-state index contributed by atoms with van der Waals surface area (Å²) in [5, 5.41) is 82.3. The molecule has 6 saturated carbocycles. The van der Waals surface area contributed by atoms with Gasteiger partial charge in [-0.2, -0.15) is 0 Å². The van der Waals surface area contributed by atoms with Crippen LogP contribution in [0.25, 0.3) is 0 Å². The summed E-state index contributed by atoms with van der Waals surface area (Å²) in [6.45, 7) is 14.7. The number of esters is 4. The predicted molar refractivity (Wildman–Crippen MR) is 328 cm³/mol. The molecule has 7 aliphatic carbocycles. The average molecular weight is 1260 g/mol. The van der Waals surface area contributed by atoms with E-state index in [-0.39, 0.29) is 76.6 Å². The number of hydrogen-bond donors (Lipinski definition) is 8. The number of aliphatic carboxylic acids is 1. The van der Waals surface area contributed by atoms with Crippen LogP contribution < -0.4 is 5.32 Å². The van der Waals surface area contributed by atoms with Gasteiger partial charge in [0.05, 0.1) is 54.0 Å². The first-order valence-corrected chi connectivity index (χ1v) is 32.3. The third-order valence-corrected chi connectivity index (χ3v) is 23.8. The number of Topliss-reactive ketones (excluding diaryl/α,β-unsaturated/α-hetero) is 1. The fourth-order valence-corrected chi connectivity index (χ4v) is 18.9. The molecule has 11 rings (SSSR count). The molecule has 20 heteroatoms. The molecule has 0 aromatic heterocycles. The maximum absolute atomic E-state index is 15.5. The van der Waals surface area contributed by atoms with Crippen LogP contribution in [0.4, 0.5) is 0 Å². The predicted octanol–water partition coefficient (Wildman–Crippen LogP) is 7.18. The lowest BCUT2D eigenvalue weighted by molar-refractivity contribution is -0.346. The molecular formula is C71H91NO19. The zero-order valence-corrected chi connectivity index (χ0v) is 53.5. The summed E-state index contributed by atoms with van der Waals surface area (Å²) in [5.74, 6) is -5.84. The van der Waals surface area contributed by atoms with Crippen molar-refractivity contribution in [3.63, 3.8) is 0 Å². The molecule has 20 nitrogen and oxygen atoms in total. The molecule has 3 aromatic rings. The average Bonchev–Trinajstić information content (AvgIpc) is 1.03. The Balaban J connectivity index is 0.000000260. The number of carboxylic acid groups (broad SMARTS) is 1. The van der Waals surface area contributed by atoms with Gasteiger partial charge in [-0.3, -0.25) is 24.0 Å². The SMILES string of the molecule is CC(=O)O[C@H]1C(=O)[C@@]2(C)[C@H]([C@H](OC(=O)c3ccccc3)[C@]3(O)C[C@H](OC(=O)[C@H](O)[C@@H](NC(=O)c4ccccc4)c4ccccc4)C(C)=C1C3(C)C)[C@]1(OC(C)=O)CO[C@@H]1C[C@@H]2O.C[C@H](CCC(=O)O)[C@H]1CC[C@H]2[C@@H]3[C@H](O)C[C@@H]4C[C@H](O)CC[C@]4(C)[C@H]3C[C@H](O)[C@]12C. The van der Waals surface area contributed by atoms with Gasteiger partial charge in [-0.1, -0.05) is 101 Å². The fraction of sp³-hybridized carbons (Fsp3) is 0.620. The molecule has 0 radical (unpaired) electrons. The molecule has 2 bridgehead atoms. The van der Waals surface area contributed by atoms with Crippen molar-refractivity contribution in [2.75, 3.05) is 6.61 Å². The summed E-state index contributed by atoms with van der Waals surface area (Å²) in [4.78, 5) is 94.5. The number of benzene rings is 3. The highest BCUT2D eigenvalue weighted by Crippen LogP contribution is 2.69. The third kappa shape index (κ3) is 11.7. The van der Waals surface area contributed by atoms with Crippen LogP contribution >= 0.6 is 0 Å². The lowest BCUT2D eigenvalue weighted by Gasteiger charge is -2.67. The summed E-state index contributed by atoms with van der Waals surface area (Å²) in [5.41, 5.74) is -7.16. The van der Waals surface area contributed by atoms with Crippen LogP contribution in [-0.2, 0) is 47.7 Å². The largest absolute Gasteiger partial charge is 0.481 e. The standard InChI is InChI=1S/C47H51NO14.C24H40O5/c1-25-31(60-43(56)36(52)35(28-16-10-7-11-17-28)48-41(54)29-18-12-8-13-19-29)23-47(57)40(61-42(55)30-20-14-9-15-21-30)38-45(6,32(51)22-33-46(38,24-58-33)62-27(3)50)39(53)37(59-26(2)49)34(25)44(47,4)5;1-13(4-7-21(28)29)16-5-6-17-22-18(12-20(27)24(16,17)3)23(2)9-8-15(25)10-14(23)11-19(22)26/h7-21,31-33,35-38,40,51-52,57H,22-24H2,1-6H3,(H,48,54);13-20,22,25-27H,4-12H2,1-3H3,(H,28,29)/t31-,32-,33+,35-,36+,37+,38-,40-,45+,46-,47+;13-,14+,15-,16-,17+,18+,19-,20+,22+,23+,24-/m01/s1. The number of hydrogen-bond acceptors (Lipinski definition) is 18. The van der Waals surface area contributed by atoms with Crippen LogP contribution in [0.3, 0.4) is 0 Å². The topological polar surface area (TPSA) is 319 Å². The first-order valence-electron chi connectivity index (χ1n) is 32.3. The Kier molecular flexibility index (Phi) is 18.9. The second-order valence-electron chi connectivity index (χ2n) is 28.8. The van der Waals surface area contributed by atoms with E-state index in [1.165, 1.54) is 26.0 Å². The Bertz CT molecular complexity index is 3270. The van der Waals surface area contributed by atoms with Gasteiger partial charge in [0.2, 0.25) is 0 Å². The van der Waals surface area contributed by atoms with Crippen LogP contribution in [0.5, 0.6) is 0 Å². The van der Waals surface area contributed by atoms with Crippen molar-refractivity contribution < 1.29 is 93.0 Å². The molecule has 494 valence electrons. The molecule has 22 atom stereocenters. The van der Waals surface area contributed by atoms with Crippen LogP contribution in [-0.4, -0.2) is 150 Å². The number of aliphatic hydroxyl groups is 6. The zero-order valence-electron chi connectivity index (χ0n) is 53.5. The van der Waals surface area contributed by atoms with Gasteiger partial charge in [-0.25, -0.2) is 9.59 Å². The normalized spacial score (nSPS) is 38.6. The quantitative estimate of drug-likeness (QED) is 0.0450. The van der Waals surface area contributed by atoms with Crippen LogP contribution in [0, 0.1) is 63.1 Å². The number of aliphatic hydroxyl groups excluding tert-OH is 5. The van der Waals surface area contributed by atoms with E-state index < -0.39 is 125 Å². The second kappa shape index (κ2) is 25.5. The Labute approximate surface area is 531 Å². The Morgan fingerprint density at radius 3 is 1.97 bits per heavy atom. The molecule has 0 unspecified atom stereocenters. The minimum atomic E-state index is -2.39. The third-order valence-electron chi connectivity index (χ3n) is 23.8. The number of carboxylic acids is 1. The van der Waals surface area contributed by atoms with Crippen LogP contribution in [0.15, 0.2) is 102 Å². The molecular weight excluding hydrogens is 1170 g/mol. The van der Waals surface area contributed by atoms with Gasteiger partial charge < -0.3 is 64.7 Å². The molecule has 1 saturated heterocycles. The van der Waals surface area contributed by atoms with Crippen LogP contribution in [0.2, 0.25) is 0 Å². The number of ketones is 1. The molecule has 1 amide bonds. The van der Waals surface area contributed by atoms with Gasteiger partial charge >= 0.3 is 29.8 Å². The number of carbonyl (C=O) groups excluding carboxylic acids is 6. The Morgan fingerprint density at radius 1 is 0.747 bits per heavy atom. The minimum absolute atomic E-state index is 0.00289. The van der Waals surface area contributed by atoms with E-state index in [1.807, 2.05) is 0 Å². The molecule has 3 aromatic carbocycles. The van der Waals surface area contributed by atoms with Crippen molar-refractivity contribution in [2.45, 2.75) is 205 Å². The fourth-order valence-electron chi connectivity index (χ4n) is 18.9. The van der Waals surface area contributed by atoms with Gasteiger partial charge in [-0.15, -0.1) is 0 Å². The van der Waals surface area contributed by atoms with E-state index in [4.69, 9.17) is 28.8 Å². The highest BCUT2D eigenvalue weighted by atomic mass is 16.6. The first kappa shape index (κ1) is 67.5. The summed E-state index contributed by atoms with van der Waals surface area (Å²) >= 11 is 0. The van der Waals surface area contributed by atoms with E-state index >= 15 is 4.79 Å². The lowest BCUT2D eigenvalue weighted by atomic mass is 9.43. The Hall–Kier alpha value is -6.39. The summed E-state index contributed by atoms with van der Waals surface area (Å²) in [6, 6.07) is 22.9. The van der Waals surface area contributed by atoms with E-state index in [9.17, 15) is 59.4 Å². The van der Waals surface area contributed by atoms with Crippen molar-refractivity contribution >= 4 is 41.5 Å². The summed E-state index contributed by atoms with van der Waals surface area (Å²) in [7, 11) is 0. The highest BCUT2D eigenvalue weighted by Gasteiger charge is 2.78. The number of amides is 1. The van der Waals surface area contributed by atoms with Crippen LogP contribution in [0.1, 0.15) is 165 Å². The molecule has 8 aliphatic rings. The molecule has 7 fully saturated rings. The molecule has 8 N–H and O–H groups in total. The van der Waals surface area contributed by atoms with Gasteiger partial charge in [0, 0.05) is 44.1 Å². The van der Waals surface area contributed by atoms with E-state index in [2.05, 4.69) is 26.1 Å². The molecule has 0 spiro atoms. The highest BCUT2D eigenvalue weighted by molar-refractivity contribution is 5.96. The van der Waals surface area contributed by atoms with E-state index in [0.717, 1.165) is 58.8 Å². The van der Waals surface area contributed by atoms with Gasteiger partial charge in [0.15, 0.2) is 23.6 Å². The monoisotopic (exact) mass is 1260 g/mol. The first-order chi connectivity index (χ1) is 42.9. The molecule has 1 heterocycles. The smallest absolute Gasteiger partial charge is 0.338 e. The van der Waals surface area contributed by atoms with Gasteiger partial charge in [-0.05, 0) is 153 Å². The number of rotatable bonds is 14. The summed E-state index contributed by atoms with van der Waals surface area (Å²) < 4.78 is 30.3. The Morgan fingerprint density at radius 2 is 1.37 bits per heavy atom.